The normalized spacial score (nSPS) is 10.7. The summed E-state index contributed by atoms with van der Waals surface area (Å²) in [6.07, 6.45) is 6.55. The monoisotopic (exact) mass is 242 g/mol. The van der Waals surface area contributed by atoms with Gasteiger partial charge in [-0.15, -0.1) is 0 Å². The maximum atomic E-state index is 11.2. The third-order valence-corrected chi connectivity index (χ3v) is 2.39. The smallest absolute Gasteiger partial charge is 0.330 e. The molecule has 1 aromatic heterocycles. The molecule has 0 spiro atoms. The van der Waals surface area contributed by atoms with E-state index in [1.165, 1.54) is 6.08 Å². The number of aromatic amines is 1. The van der Waals surface area contributed by atoms with Crippen molar-refractivity contribution in [3.05, 3.63) is 48.4 Å². The molecule has 4 nitrogen and oxygen atoms in total. The molecule has 18 heavy (non-hydrogen) atoms. The Kier molecular flexibility index (Phi) is 3.91. The van der Waals surface area contributed by atoms with E-state index in [1.807, 2.05) is 24.3 Å². The molecule has 0 fully saturated rings. The van der Waals surface area contributed by atoms with Crippen LogP contribution in [-0.2, 0) is 9.53 Å². The number of aromatic nitrogens is 2. The minimum absolute atomic E-state index is 0.329. The van der Waals surface area contributed by atoms with Gasteiger partial charge in [0, 0.05) is 11.6 Å². The van der Waals surface area contributed by atoms with Crippen LogP contribution < -0.4 is 0 Å². The van der Waals surface area contributed by atoms with Gasteiger partial charge in [-0.2, -0.15) is 0 Å². The van der Waals surface area contributed by atoms with Gasteiger partial charge < -0.3 is 9.72 Å². The zero-order valence-electron chi connectivity index (χ0n) is 10.1. The van der Waals surface area contributed by atoms with Crippen LogP contribution in [0.15, 0.2) is 42.9 Å². The quantitative estimate of drug-likeness (QED) is 0.662. The summed E-state index contributed by atoms with van der Waals surface area (Å²) >= 11 is 0. The Morgan fingerprint density at radius 3 is 3.11 bits per heavy atom. The van der Waals surface area contributed by atoms with E-state index in [0.717, 1.165) is 16.8 Å². The van der Waals surface area contributed by atoms with Gasteiger partial charge in [0.1, 0.15) is 0 Å². The molecule has 1 heterocycles. The van der Waals surface area contributed by atoms with Crippen molar-refractivity contribution in [2.45, 2.75) is 6.92 Å². The molecular weight excluding hydrogens is 228 g/mol. The molecule has 0 radical (unpaired) electrons. The molecule has 1 aromatic carbocycles. The number of rotatable bonds is 4. The van der Waals surface area contributed by atoms with Crippen LogP contribution in [-0.4, -0.2) is 22.5 Å². The molecule has 0 aliphatic heterocycles. The van der Waals surface area contributed by atoms with Crippen LogP contribution in [0, 0.1) is 0 Å². The summed E-state index contributed by atoms with van der Waals surface area (Å²) in [5.74, 6) is -0.329. The van der Waals surface area contributed by atoms with Crippen molar-refractivity contribution in [3.63, 3.8) is 0 Å². The molecule has 0 saturated carbocycles. The van der Waals surface area contributed by atoms with E-state index in [2.05, 4.69) is 9.97 Å². The summed E-state index contributed by atoms with van der Waals surface area (Å²) in [6, 6.07) is 7.81. The summed E-state index contributed by atoms with van der Waals surface area (Å²) in [5, 5.41) is 0. The zero-order chi connectivity index (χ0) is 12.8. The minimum atomic E-state index is -0.329. The van der Waals surface area contributed by atoms with E-state index in [1.54, 1.807) is 25.5 Å². The first-order valence-corrected chi connectivity index (χ1v) is 5.73. The highest BCUT2D eigenvalue weighted by molar-refractivity contribution is 5.87. The number of esters is 1. The van der Waals surface area contributed by atoms with E-state index in [4.69, 9.17) is 4.74 Å². The van der Waals surface area contributed by atoms with Crippen LogP contribution in [0.3, 0.4) is 0 Å². The van der Waals surface area contributed by atoms with E-state index in [-0.39, 0.29) is 5.97 Å². The third kappa shape index (κ3) is 3.07. The molecule has 0 atom stereocenters. The SMILES string of the molecule is CCOC(=O)/C=C/c1cccc(-c2cnc[nH]2)c1. The number of ether oxygens (including phenoxy) is 1. The van der Waals surface area contributed by atoms with Crippen molar-refractivity contribution in [2.75, 3.05) is 6.61 Å². The average Bonchev–Trinajstić information content (AvgIpc) is 2.91. The standard InChI is InChI=1S/C14H14N2O2/c1-2-18-14(17)7-6-11-4-3-5-12(8-11)13-9-15-10-16-13/h3-10H,2H2,1H3,(H,15,16)/b7-6+. The number of nitrogens with one attached hydrogen (secondary N) is 1. The Balaban J connectivity index is 2.15. The van der Waals surface area contributed by atoms with E-state index >= 15 is 0 Å². The summed E-state index contributed by atoms with van der Waals surface area (Å²) in [4.78, 5) is 18.2. The predicted molar refractivity (Wildman–Crippen MR) is 69.7 cm³/mol. The van der Waals surface area contributed by atoms with Gasteiger partial charge in [-0.25, -0.2) is 9.78 Å². The van der Waals surface area contributed by atoms with Gasteiger partial charge in [0.2, 0.25) is 0 Å². The highest BCUT2D eigenvalue weighted by Crippen LogP contribution is 2.17. The lowest BCUT2D eigenvalue weighted by molar-refractivity contribution is -0.137. The van der Waals surface area contributed by atoms with E-state index in [9.17, 15) is 4.79 Å². The fraction of sp³-hybridized carbons (Fsp3) is 0.143. The van der Waals surface area contributed by atoms with Crippen LogP contribution in [0.1, 0.15) is 12.5 Å². The topological polar surface area (TPSA) is 55.0 Å². The third-order valence-electron chi connectivity index (χ3n) is 2.39. The summed E-state index contributed by atoms with van der Waals surface area (Å²) in [7, 11) is 0. The van der Waals surface area contributed by atoms with Gasteiger partial charge in [0.05, 0.1) is 24.8 Å². The Morgan fingerprint density at radius 2 is 2.39 bits per heavy atom. The first-order valence-electron chi connectivity index (χ1n) is 5.73. The number of H-pyrrole nitrogens is 1. The molecule has 0 aliphatic rings. The van der Waals surface area contributed by atoms with Crippen molar-refractivity contribution < 1.29 is 9.53 Å². The van der Waals surface area contributed by atoms with Crippen molar-refractivity contribution in [1.29, 1.82) is 0 Å². The second-order valence-electron chi connectivity index (χ2n) is 3.68. The van der Waals surface area contributed by atoms with Gasteiger partial charge in [-0.05, 0) is 24.6 Å². The number of imidazole rings is 1. The summed E-state index contributed by atoms with van der Waals surface area (Å²) in [5.41, 5.74) is 2.91. The van der Waals surface area contributed by atoms with Crippen LogP contribution >= 0.6 is 0 Å². The Hall–Kier alpha value is -2.36. The number of nitrogens with zero attached hydrogens (tertiary/aromatic N) is 1. The highest BCUT2D eigenvalue weighted by Gasteiger charge is 1.99. The predicted octanol–water partition coefficient (Wildman–Crippen LogP) is 2.65. The molecule has 0 saturated heterocycles. The second-order valence-corrected chi connectivity index (χ2v) is 3.68. The largest absolute Gasteiger partial charge is 0.463 e. The lowest BCUT2D eigenvalue weighted by Crippen LogP contribution is -1.98. The molecular formula is C14H14N2O2. The molecule has 2 rings (SSSR count). The second kappa shape index (κ2) is 5.82. The first-order chi connectivity index (χ1) is 8.79. The number of hydrogen-bond donors (Lipinski definition) is 1. The molecule has 0 amide bonds. The van der Waals surface area contributed by atoms with Gasteiger partial charge in [-0.3, -0.25) is 0 Å². The zero-order valence-corrected chi connectivity index (χ0v) is 10.1. The van der Waals surface area contributed by atoms with Crippen molar-refractivity contribution in [3.8, 4) is 11.3 Å². The summed E-state index contributed by atoms with van der Waals surface area (Å²) < 4.78 is 4.82. The van der Waals surface area contributed by atoms with Crippen LogP contribution in [0.4, 0.5) is 0 Å². The molecule has 4 heteroatoms. The Bertz CT molecular complexity index is 545. The van der Waals surface area contributed by atoms with E-state index in [0.29, 0.717) is 6.61 Å². The molecule has 0 aliphatic carbocycles. The number of hydrogen-bond acceptors (Lipinski definition) is 3. The van der Waals surface area contributed by atoms with Gasteiger partial charge >= 0.3 is 5.97 Å². The number of carbonyl (C=O) groups is 1. The van der Waals surface area contributed by atoms with Gasteiger partial charge in [0.15, 0.2) is 0 Å². The summed E-state index contributed by atoms with van der Waals surface area (Å²) in [6.45, 7) is 2.17. The van der Waals surface area contributed by atoms with Gasteiger partial charge in [0.25, 0.3) is 0 Å². The van der Waals surface area contributed by atoms with Crippen LogP contribution in [0.25, 0.3) is 17.3 Å². The molecule has 0 bridgehead atoms. The highest BCUT2D eigenvalue weighted by atomic mass is 16.5. The number of carbonyl (C=O) groups excluding carboxylic acids is 1. The molecule has 2 aromatic rings. The Labute approximate surface area is 105 Å². The number of benzene rings is 1. The van der Waals surface area contributed by atoms with Crippen LogP contribution in [0.5, 0.6) is 0 Å². The lowest BCUT2D eigenvalue weighted by Gasteiger charge is -1.99. The molecule has 1 N–H and O–H groups in total. The maximum absolute atomic E-state index is 11.2. The minimum Gasteiger partial charge on any atom is -0.463 e. The van der Waals surface area contributed by atoms with E-state index < -0.39 is 0 Å². The lowest BCUT2D eigenvalue weighted by atomic mass is 10.1. The first kappa shape index (κ1) is 12.1. The average molecular weight is 242 g/mol. The fourth-order valence-corrected chi connectivity index (χ4v) is 1.58. The molecule has 0 unspecified atom stereocenters. The molecule has 92 valence electrons. The van der Waals surface area contributed by atoms with Crippen LogP contribution in [0.2, 0.25) is 0 Å². The fourth-order valence-electron chi connectivity index (χ4n) is 1.58. The Morgan fingerprint density at radius 1 is 1.50 bits per heavy atom. The maximum Gasteiger partial charge on any atom is 0.330 e. The van der Waals surface area contributed by atoms with Crippen molar-refractivity contribution >= 4 is 12.0 Å². The van der Waals surface area contributed by atoms with Crippen molar-refractivity contribution in [2.24, 2.45) is 0 Å². The van der Waals surface area contributed by atoms with Gasteiger partial charge in [-0.1, -0.05) is 18.2 Å². The van der Waals surface area contributed by atoms with Crippen molar-refractivity contribution in [1.82, 2.24) is 9.97 Å².